The molecule has 0 aliphatic rings. The minimum atomic E-state index is -0.167. The topological polar surface area (TPSA) is 69.9 Å². The van der Waals surface area contributed by atoms with Crippen molar-refractivity contribution in [2.24, 2.45) is 0 Å². The molecule has 0 atom stereocenters. The number of nitrogens with zero attached hydrogens (tertiary/aromatic N) is 1. The van der Waals surface area contributed by atoms with Gasteiger partial charge in [-0.2, -0.15) is 4.57 Å². The van der Waals surface area contributed by atoms with Crippen molar-refractivity contribution in [2.75, 3.05) is 33.8 Å². The van der Waals surface area contributed by atoms with Crippen LogP contribution in [0.4, 0.5) is 5.69 Å². The minimum Gasteiger partial charge on any atom is -0.497 e. The van der Waals surface area contributed by atoms with Crippen molar-refractivity contribution in [1.29, 1.82) is 0 Å². The van der Waals surface area contributed by atoms with Gasteiger partial charge in [0.1, 0.15) is 11.5 Å². The van der Waals surface area contributed by atoms with Gasteiger partial charge in [-0.25, -0.2) is 0 Å². The maximum Gasteiger partial charge on any atom is 0.290 e. The summed E-state index contributed by atoms with van der Waals surface area (Å²) in [4.78, 5) is 12.5. The number of amides is 1. The van der Waals surface area contributed by atoms with E-state index in [4.69, 9.17) is 18.9 Å². The van der Waals surface area contributed by atoms with Gasteiger partial charge in [0.2, 0.25) is 6.54 Å². The van der Waals surface area contributed by atoms with E-state index in [1.165, 1.54) is 0 Å². The lowest BCUT2D eigenvalue weighted by molar-refractivity contribution is -0.682. The molecule has 0 saturated carbocycles. The zero-order chi connectivity index (χ0) is 20.1. The van der Waals surface area contributed by atoms with E-state index in [0.717, 1.165) is 10.8 Å². The second-order valence-corrected chi connectivity index (χ2v) is 6.10. The molecule has 1 aromatic heterocycles. The van der Waals surface area contributed by atoms with E-state index in [2.05, 4.69) is 5.32 Å². The Bertz CT molecular complexity index is 981. The fourth-order valence-electron chi connectivity index (χ4n) is 2.91. The van der Waals surface area contributed by atoms with Gasteiger partial charge in [0.25, 0.3) is 5.91 Å². The number of benzene rings is 2. The summed E-state index contributed by atoms with van der Waals surface area (Å²) in [5, 5.41) is 4.80. The van der Waals surface area contributed by atoms with Crippen LogP contribution in [0.15, 0.2) is 48.8 Å². The van der Waals surface area contributed by atoms with Crippen molar-refractivity contribution in [3.8, 4) is 23.0 Å². The highest BCUT2D eigenvalue weighted by molar-refractivity contribution is 5.90. The van der Waals surface area contributed by atoms with E-state index in [1.54, 1.807) is 51.2 Å². The number of hydrogen-bond donors (Lipinski definition) is 1. The van der Waals surface area contributed by atoms with Gasteiger partial charge in [0, 0.05) is 35.3 Å². The summed E-state index contributed by atoms with van der Waals surface area (Å²) in [5.41, 5.74) is 0.606. The summed E-state index contributed by atoms with van der Waals surface area (Å²) in [5.74, 6) is 2.35. The summed E-state index contributed by atoms with van der Waals surface area (Å²) < 4.78 is 22.9. The monoisotopic (exact) mass is 383 g/mol. The van der Waals surface area contributed by atoms with E-state index in [1.807, 2.05) is 30.6 Å². The molecule has 0 bridgehead atoms. The van der Waals surface area contributed by atoms with Crippen LogP contribution < -0.4 is 28.8 Å². The van der Waals surface area contributed by atoms with Crippen LogP contribution in [0.5, 0.6) is 23.0 Å². The molecule has 146 valence electrons. The van der Waals surface area contributed by atoms with Gasteiger partial charge in [0.05, 0.1) is 28.4 Å². The lowest BCUT2D eigenvalue weighted by Gasteiger charge is -2.10. The Morgan fingerprint density at radius 3 is 2.04 bits per heavy atom. The highest BCUT2D eigenvalue weighted by Crippen LogP contribution is 2.31. The first-order valence-corrected chi connectivity index (χ1v) is 8.64. The first-order chi connectivity index (χ1) is 13.6. The molecule has 1 amide bonds. The van der Waals surface area contributed by atoms with E-state index >= 15 is 0 Å². The summed E-state index contributed by atoms with van der Waals surface area (Å²) >= 11 is 0. The predicted molar refractivity (Wildman–Crippen MR) is 105 cm³/mol. The molecular formula is C21H23N2O5+. The predicted octanol–water partition coefficient (Wildman–Crippen LogP) is 2.80. The van der Waals surface area contributed by atoms with Crippen LogP contribution in [0.1, 0.15) is 0 Å². The van der Waals surface area contributed by atoms with Crippen LogP contribution in [0.2, 0.25) is 0 Å². The molecule has 3 aromatic rings. The van der Waals surface area contributed by atoms with Crippen molar-refractivity contribution in [1.82, 2.24) is 0 Å². The Hall–Kier alpha value is -3.48. The van der Waals surface area contributed by atoms with E-state index in [0.29, 0.717) is 28.7 Å². The molecule has 7 heteroatoms. The second kappa shape index (κ2) is 8.47. The lowest BCUT2D eigenvalue weighted by atomic mass is 10.1. The fraction of sp³-hybridized carbons (Fsp3) is 0.238. The van der Waals surface area contributed by atoms with E-state index in [9.17, 15) is 4.79 Å². The third kappa shape index (κ3) is 4.25. The zero-order valence-corrected chi connectivity index (χ0v) is 16.3. The largest absolute Gasteiger partial charge is 0.497 e. The number of rotatable bonds is 7. The third-order valence-electron chi connectivity index (χ3n) is 4.30. The lowest BCUT2D eigenvalue weighted by Crippen LogP contribution is -2.39. The SMILES string of the molecule is COc1cc(NC(=O)C[n+]2ccc3cc(OC)c(OC)cc3c2)cc(OC)c1. The molecule has 0 saturated heterocycles. The normalized spacial score (nSPS) is 10.4. The number of anilines is 1. The molecule has 0 aliphatic heterocycles. The molecule has 0 fully saturated rings. The molecule has 1 heterocycles. The van der Waals surface area contributed by atoms with Crippen molar-refractivity contribution < 1.29 is 28.3 Å². The van der Waals surface area contributed by atoms with Gasteiger partial charge >= 0.3 is 0 Å². The molecule has 28 heavy (non-hydrogen) atoms. The minimum absolute atomic E-state index is 0.157. The number of carbonyl (C=O) groups excluding carboxylic acids is 1. The van der Waals surface area contributed by atoms with Gasteiger partial charge < -0.3 is 24.3 Å². The van der Waals surface area contributed by atoms with E-state index < -0.39 is 0 Å². The highest BCUT2D eigenvalue weighted by atomic mass is 16.5. The molecule has 0 unspecified atom stereocenters. The summed E-state index contributed by atoms with van der Waals surface area (Å²) in [6.07, 6.45) is 3.74. The average molecular weight is 383 g/mol. The van der Waals surface area contributed by atoms with E-state index in [-0.39, 0.29) is 12.5 Å². The van der Waals surface area contributed by atoms with Gasteiger partial charge in [0.15, 0.2) is 23.9 Å². The molecule has 0 aliphatic carbocycles. The smallest absolute Gasteiger partial charge is 0.290 e. The molecular weight excluding hydrogens is 360 g/mol. The Labute approximate surface area is 163 Å². The van der Waals surface area contributed by atoms with Crippen molar-refractivity contribution in [3.63, 3.8) is 0 Å². The fourth-order valence-corrected chi connectivity index (χ4v) is 2.91. The standard InChI is InChI=1S/C21H22N2O5/c1-25-17-9-16(10-18(11-17)26-2)22-21(24)13-23-6-5-14-7-19(27-3)20(28-4)8-15(14)12-23/h5-12H,13H2,1-4H3/p+1. The summed E-state index contributed by atoms with van der Waals surface area (Å²) in [7, 11) is 6.32. The molecule has 0 radical (unpaired) electrons. The molecule has 3 rings (SSSR count). The van der Waals surface area contributed by atoms with Crippen molar-refractivity contribution in [3.05, 3.63) is 48.8 Å². The molecule has 0 spiro atoms. The van der Waals surface area contributed by atoms with Crippen molar-refractivity contribution in [2.45, 2.75) is 6.54 Å². The van der Waals surface area contributed by atoms with Gasteiger partial charge in [-0.15, -0.1) is 0 Å². The maximum absolute atomic E-state index is 12.5. The van der Waals surface area contributed by atoms with Gasteiger partial charge in [-0.05, 0) is 17.5 Å². The average Bonchev–Trinajstić information content (AvgIpc) is 2.72. The van der Waals surface area contributed by atoms with Crippen LogP contribution in [-0.2, 0) is 11.3 Å². The number of nitrogens with one attached hydrogen (secondary N) is 1. The molecule has 7 nitrogen and oxygen atoms in total. The number of carbonyl (C=O) groups is 1. The van der Waals surface area contributed by atoms with Gasteiger partial charge in [-0.1, -0.05) is 0 Å². The molecule has 2 aromatic carbocycles. The quantitative estimate of drug-likeness (QED) is 0.636. The number of ether oxygens (including phenoxy) is 4. The van der Waals surface area contributed by atoms with Crippen LogP contribution in [0.25, 0.3) is 10.8 Å². The Morgan fingerprint density at radius 1 is 0.857 bits per heavy atom. The summed E-state index contributed by atoms with van der Waals surface area (Å²) in [6, 6.07) is 10.9. The van der Waals surface area contributed by atoms with Crippen LogP contribution in [-0.4, -0.2) is 34.3 Å². The second-order valence-electron chi connectivity index (χ2n) is 6.10. The highest BCUT2D eigenvalue weighted by Gasteiger charge is 2.14. The number of methoxy groups -OCH3 is 4. The Morgan fingerprint density at radius 2 is 1.46 bits per heavy atom. The summed E-state index contributed by atoms with van der Waals surface area (Å²) in [6.45, 7) is 0.157. The maximum atomic E-state index is 12.5. The molecule has 1 N–H and O–H groups in total. The number of hydrogen-bond acceptors (Lipinski definition) is 5. The van der Waals surface area contributed by atoms with Crippen LogP contribution in [0.3, 0.4) is 0 Å². The first kappa shape index (κ1) is 19.3. The number of fused-ring (bicyclic) bond motifs is 1. The first-order valence-electron chi connectivity index (χ1n) is 8.64. The van der Waals surface area contributed by atoms with Crippen LogP contribution >= 0.6 is 0 Å². The number of pyridine rings is 1. The van der Waals surface area contributed by atoms with Gasteiger partial charge in [-0.3, -0.25) is 4.79 Å². The third-order valence-corrected chi connectivity index (χ3v) is 4.30. The Kier molecular flexibility index (Phi) is 5.84. The van der Waals surface area contributed by atoms with Crippen molar-refractivity contribution >= 4 is 22.4 Å². The van der Waals surface area contributed by atoms with Crippen LogP contribution in [0, 0.1) is 0 Å². The Balaban J connectivity index is 1.79. The zero-order valence-electron chi connectivity index (χ0n) is 16.3. The number of aromatic nitrogens is 1.